The quantitative estimate of drug-likeness (QED) is 0.211. The molecule has 1 spiro atoms. The third-order valence-corrected chi connectivity index (χ3v) is 11.3. The van der Waals surface area contributed by atoms with E-state index in [0.29, 0.717) is 35.8 Å². The topological polar surface area (TPSA) is 143 Å². The van der Waals surface area contributed by atoms with Crippen LogP contribution in [0.3, 0.4) is 0 Å². The molecular weight excluding hydrogens is 667 g/mol. The van der Waals surface area contributed by atoms with Crippen LogP contribution in [0.1, 0.15) is 24.2 Å². The molecule has 0 saturated carbocycles. The highest BCUT2D eigenvalue weighted by Gasteiger charge is 2.56. The lowest BCUT2D eigenvalue weighted by atomic mass is 9.81. The highest BCUT2D eigenvalue weighted by atomic mass is 32.2. The molecule has 0 radical (unpaired) electrons. The Hall–Kier alpha value is -4.60. The van der Waals surface area contributed by atoms with Gasteiger partial charge in [0.2, 0.25) is 0 Å². The van der Waals surface area contributed by atoms with Gasteiger partial charge in [-0.15, -0.1) is 0 Å². The van der Waals surface area contributed by atoms with E-state index in [1.807, 2.05) is 36.6 Å². The van der Waals surface area contributed by atoms with E-state index in [9.17, 15) is 13.2 Å². The van der Waals surface area contributed by atoms with Gasteiger partial charge in [0.25, 0.3) is 15.9 Å². The Balaban J connectivity index is 0.962. The number of carbonyl (C=O) groups excluding carboxylic acids is 1. The number of hydrogen-bond acceptors (Lipinski definition) is 11. The number of carbonyl (C=O) groups is 1. The molecule has 0 aromatic heterocycles. The van der Waals surface area contributed by atoms with E-state index in [-0.39, 0.29) is 22.5 Å². The van der Waals surface area contributed by atoms with Crippen molar-refractivity contribution in [1.29, 1.82) is 0 Å². The minimum absolute atomic E-state index is 0.0378. The van der Waals surface area contributed by atoms with Crippen molar-refractivity contribution in [3.05, 3.63) is 90.1 Å². The number of para-hydroxylation sites is 2. The molecule has 2 bridgehead atoms. The van der Waals surface area contributed by atoms with Gasteiger partial charge in [0.15, 0.2) is 11.6 Å². The predicted molar refractivity (Wildman–Crippen MR) is 201 cm³/mol. The van der Waals surface area contributed by atoms with Gasteiger partial charge in [-0.3, -0.25) is 19.3 Å². The standard InChI is InChI=1S/C37H45N9O4S/c1-3-44(4-2)28-8-7-9-29(24-28)50-32-11-6-5-10-31(32)43-51(48,49)30-14-12-27(13-15-30)35(47)40-20-22-45-21-18-38-25-34(45)46-23-19-39-26-37(46)33-16-17-41-36(37)42-33/h5-17,24,34,38-39,43H,3-4,18-23,25-26H2,1-2H3,(H,40,47). The lowest BCUT2D eigenvalue weighted by molar-refractivity contribution is -0.0266. The number of hydrogen-bond donors (Lipinski definition) is 4. The molecule has 14 heteroatoms. The van der Waals surface area contributed by atoms with Crippen LogP contribution < -0.4 is 30.3 Å². The van der Waals surface area contributed by atoms with Crippen LogP contribution in [0.5, 0.6) is 11.5 Å². The van der Waals surface area contributed by atoms with Crippen LogP contribution in [0.15, 0.2) is 99.4 Å². The molecule has 3 aromatic carbocycles. The highest BCUT2D eigenvalue weighted by Crippen LogP contribution is 2.41. The van der Waals surface area contributed by atoms with Crippen molar-refractivity contribution < 1.29 is 17.9 Å². The Morgan fingerprint density at radius 3 is 2.59 bits per heavy atom. The van der Waals surface area contributed by atoms with Crippen molar-refractivity contribution in [3.63, 3.8) is 0 Å². The summed E-state index contributed by atoms with van der Waals surface area (Å²) in [5.41, 5.74) is 2.46. The van der Waals surface area contributed by atoms with Crippen molar-refractivity contribution in [2.24, 2.45) is 9.98 Å². The molecule has 2 atom stereocenters. The van der Waals surface area contributed by atoms with Crippen LogP contribution >= 0.6 is 0 Å². The van der Waals surface area contributed by atoms with Crippen LogP contribution in [-0.4, -0.2) is 113 Å². The van der Waals surface area contributed by atoms with Gasteiger partial charge in [0.1, 0.15) is 11.3 Å². The number of aliphatic imine (C=N–C) groups is 2. The third kappa shape index (κ3) is 7.02. The first-order chi connectivity index (χ1) is 24.8. The molecule has 268 valence electrons. The number of benzene rings is 3. The average molecular weight is 712 g/mol. The minimum Gasteiger partial charge on any atom is -0.455 e. The van der Waals surface area contributed by atoms with Crippen molar-refractivity contribution >= 4 is 39.4 Å². The number of nitrogens with zero attached hydrogens (tertiary/aromatic N) is 5. The molecule has 4 heterocycles. The van der Waals surface area contributed by atoms with Gasteiger partial charge < -0.3 is 25.6 Å². The number of nitrogens with one attached hydrogen (secondary N) is 4. The normalized spacial score (nSPS) is 21.7. The zero-order chi connectivity index (χ0) is 35.4. The first-order valence-electron chi connectivity index (χ1n) is 17.6. The summed E-state index contributed by atoms with van der Waals surface area (Å²) >= 11 is 0. The monoisotopic (exact) mass is 711 g/mol. The van der Waals surface area contributed by atoms with Gasteiger partial charge in [0.05, 0.1) is 22.4 Å². The van der Waals surface area contributed by atoms with Crippen molar-refractivity contribution in [3.8, 4) is 11.5 Å². The second kappa shape index (κ2) is 14.9. The molecule has 2 unspecified atom stereocenters. The molecule has 4 N–H and O–H groups in total. The van der Waals surface area contributed by atoms with Gasteiger partial charge >= 0.3 is 0 Å². The van der Waals surface area contributed by atoms with Crippen LogP contribution in [0.4, 0.5) is 11.4 Å². The Labute approximate surface area is 299 Å². The predicted octanol–water partition coefficient (Wildman–Crippen LogP) is 3.11. The Kier molecular flexibility index (Phi) is 10.2. The van der Waals surface area contributed by atoms with Gasteiger partial charge in [-0.2, -0.15) is 0 Å². The van der Waals surface area contributed by atoms with E-state index in [4.69, 9.17) is 4.74 Å². The van der Waals surface area contributed by atoms with E-state index in [0.717, 1.165) is 69.6 Å². The molecular formula is C37H45N9O4S. The number of sulfonamides is 1. The van der Waals surface area contributed by atoms with Crippen LogP contribution in [0.2, 0.25) is 0 Å². The number of allylic oxidation sites excluding steroid dienone is 1. The SMILES string of the molecule is CCN(CC)c1cccc(Oc2ccccc2NS(=O)(=O)c2ccc(C(=O)NCCN3CCNCC3N3CCNCC34c3ccnc4n3)cc2)c1. The molecule has 13 nitrogen and oxygen atoms in total. The lowest BCUT2D eigenvalue weighted by Gasteiger charge is -2.57. The Bertz CT molecular complexity index is 1930. The largest absolute Gasteiger partial charge is 0.455 e. The summed E-state index contributed by atoms with van der Waals surface area (Å²) < 4.78 is 35.7. The first-order valence-corrected chi connectivity index (χ1v) is 19.1. The summed E-state index contributed by atoms with van der Waals surface area (Å²) in [6.07, 6.45) is 3.96. The molecule has 0 aliphatic carbocycles. The lowest BCUT2D eigenvalue weighted by Crippen LogP contribution is -2.76. The fourth-order valence-electron chi connectivity index (χ4n) is 7.26. The average Bonchev–Trinajstić information content (AvgIpc) is 3.16. The fraction of sp³-hybridized carbons (Fsp3) is 0.378. The van der Waals surface area contributed by atoms with Gasteiger partial charge in [-0.05, 0) is 68.5 Å². The molecule has 4 aliphatic rings. The van der Waals surface area contributed by atoms with Gasteiger partial charge in [-0.25, -0.2) is 18.4 Å². The minimum atomic E-state index is -3.97. The van der Waals surface area contributed by atoms with Crippen molar-refractivity contribution in [2.75, 3.05) is 75.1 Å². The van der Waals surface area contributed by atoms with E-state index in [2.05, 4.69) is 59.2 Å². The van der Waals surface area contributed by atoms with Crippen LogP contribution in [-0.2, 0) is 10.0 Å². The zero-order valence-corrected chi connectivity index (χ0v) is 29.8. The summed E-state index contributed by atoms with van der Waals surface area (Å²) in [5.74, 6) is 1.58. The zero-order valence-electron chi connectivity index (χ0n) is 29.0. The van der Waals surface area contributed by atoms with E-state index < -0.39 is 10.0 Å². The van der Waals surface area contributed by atoms with E-state index in [1.54, 1.807) is 24.3 Å². The summed E-state index contributed by atoms with van der Waals surface area (Å²) in [6.45, 7) is 12.1. The second-order valence-electron chi connectivity index (χ2n) is 12.9. The number of ether oxygens (including phenoxy) is 1. The molecule has 3 aromatic rings. The number of rotatable bonds is 13. The number of dihydropyridines is 1. The van der Waals surface area contributed by atoms with E-state index in [1.165, 1.54) is 24.3 Å². The number of amidine groups is 1. The number of amides is 1. The van der Waals surface area contributed by atoms with E-state index >= 15 is 0 Å². The molecule has 7 rings (SSSR count). The summed E-state index contributed by atoms with van der Waals surface area (Å²) in [7, 11) is -3.97. The molecule has 1 amide bonds. The van der Waals surface area contributed by atoms with Crippen molar-refractivity contribution in [2.45, 2.75) is 30.4 Å². The van der Waals surface area contributed by atoms with Crippen LogP contribution in [0, 0.1) is 0 Å². The Morgan fingerprint density at radius 1 is 1.02 bits per heavy atom. The molecule has 51 heavy (non-hydrogen) atoms. The smallest absolute Gasteiger partial charge is 0.262 e. The highest BCUT2D eigenvalue weighted by molar-refractivity contribution is 7.92. The van der Waals surface area contributed by atoms with Crippen molar-refractivity contribution in [1.82, 2.24) is 25.8 Å². The fourth-order valence-corrected chi connectivity index (χ4v) is 8.33. The molecule has 2 saturated heterocycles. The maximum absolute atomic E-state index is 13.4. The van der Waals surface area contributed by atoms with Crippen LogP contribution in [0.25, 0.3) is 0 Å². The maximum atomic E-state index is 13.4. The Morgan fingerprint density at radius 2 is 1.82 bits per heavy atom. The third-order valence-electron chi connectivity index (χ3n) is 9.95. The summed E-state index contributed by atoms with van der Waals surface area (Å²) in [5, 5.41) is 10.1. The molecule has 2 fully saturated rings. The maximum Gasteiger partial charge on any atom is 0.262 e. The summed E-state index contributed by atoms with van der Waals surface area (Å²) in [6, 6.07) is 20.6. The molecule has 4 aliphatic heterocycles. The number of anilines is 2. The van der Waals surface area contributed by atoms with Gasteiger partial charge in [0, 0.05) is 89.0 Å². The van der Waals surface area contributed by atoms with Gasteiger partial charge in [-0.1, -0.05) is 18.2 Å². The second-order valence-corrected chi connectivity index (χ2v) is 14.6. The first kappa shape index (κ1) is 34.8. The number of piperazine rings is 2. The summed E-state index contributed by atoms with van der Waals surface area (Å²) in [4.78, 5) is 29.5.